The van der Waals surface area contributed by atoms with Gasteiger partial charge < -0.3 is 14.8 Å². The lowest BCUT2D eigenvalue weighted by Gasteiger charge is -2.33. The number of carbonyl (C=O) groups is 1. The Morgan fingerprint density at radius 3 is 2.67 bits per heavy atom. The summed E-state index contributed by atoms with van der Waals surface area (Å²) in [7, 11) is 1.62. The van der Waals surface area contributed by atoms with Gasteiger partial charge in [0.1, 0.15) is 11.9 Å². The minimum Gasteiger partial charge on any atom is -0.474 e. The number of alkyl halides is 2. The summed E-state index contributed by atoms with van der Waals surface area (Å²) in [6.45, 7) is 2.08. The lowest BCUT2D eigenvalue weighted by Crippen LogP contribution is -2.39. The van der Waals surface area contributed by atoms with E-state index >= 15 is 0 Å². The van der Waals surface area contributed by atoms with Crippen molar-refractivity contribution in [2.75, 3.05) is 12.4 Å². The fraction of sp³-hybridized carbons (Fsp3) is 0.421. The molecular weight excluding hydrogens is 398 g/mol. The molecule has 1 aliphatic rings. The minimum atomic E-state index is -3.27. The molecule has 3 heterocycles. The number of carbonyl (C=O) groups excluding carboxylic acids is 1. The maximum atomic E-state index is 14.0. The Bertz CT molecular complexity index is 1090. The maximum Gasteiger partial charge on any atom is 0.304 e. The van der Waals surface area contributed by atoms with Crippen molar-refractivity contribution in [2.24, 2.45) is 0 Å². The number of methoxy groups -OCH3 is 1. The highest BCUT2D eigenvalue weighted by Crippen LogP contribution is 2.31. The highest BCUT2D eigenvalue weighted by Gasteiger charge is 2.33. The van der Waals surface area contributed by atoms with E-state index < -0.39 is 11.7 Å². The monoisotopic (exact) mass is 418 g/mol. The van der Waals surface area contributed by atoms with Gasteiger partial charge in [-0.15, -0.1) is 0 Å². The van der Waals surface area contributed by atoms with Crippen molar-refractivity contribution in [1.29, 1.82) is 0 Å². The summed E-state index contributed by atoms with van der Waals surface area (Å²) in [6, 6.07) is 3.05. The Balaban J connectivity index is 1.74. The van der Waals surface area contributed by atoms with Gasteiger partial charge in [0, 0.05) is 57.5 Å². The number of anilines is 1. The normalized spacial score (nSPS) is 18.8. The SMILES string of the molecule is COC1CC(Oc2cc(-n3ncc4cnc(NC(C)=O)cc43)nc(C(C)(F)F)n2)C1. The van der Waals surface area contributed by atoms with Gasteiger partial charge in [0.15, 0.2) is 5.82 Å². The van der Waals surface area contributed by atoms with E-state index in [1.54, 1.807) is 13.2 Å². The average Bonchev–Trinajstić information content (AvgIpc) is 3.06. The molecule has 1 fully saturated rings. The second-order valence-corrected chi connectivity index (χ2v) is 7.21. The largest absolute Gasteiger partial charge is 0.474 e. The van der Waals surface area contributed by atoms with E-state index in [-0.39, 0.29) is 29.8 Å². The van der Waals surface area contributed by atoms with Gasteiger partial charge in [-0.2, -0.15) is 18.9 Å². The van der Waals surface area contributed by atoms with E-state index in [1.165, 1.54) is 30.1 Å². The van der Waals surface area contributed by atoms with Crippen LogP contribution in [-0.4, -0.2) is 50.0 Å². The van der Waals surface area contributed by atoms with Crippen LogP contribution in [0, 0.1) is 0 Å². The van der Waals surface area contributed by atoms with Crippen LogP contribution in [0.15, 0.2) is 24.5 Å². The Labute approximate surface area is 170 Å². The van der Waals surface area contributed by atoms with E-state index in [4.69, 9.17) is 9.47 Å². The number of amides is 1. The Hall–Kier alpha value is -3.21. The number of nitrogens with one attached hydrogen (secondary N) is 1. The number of aromatic nitrogens is 5. The Kier molecular flexibility index (Phi) is 5.06. The molecule has 0 radical (unpaired) electrons. The molecule has 3 aromatic rings. The average molecular weight is 418 g/mol. The van der Waals surface area contributed by atoms with Crippen molar-refractivity contribution in [3.8, 4) is 11.7 Å². The molecule has 1 aliphatic carbocycles. The molecule has 0 saturated heterocycles. The molecule has 11 heteroatoms. The van der Waals surface area contributed by atoms with Crippen molar-refractivity contribution >= 4 is 22.6 Å². The van der Waals surface area contributed by atoms with Gasteiger partial charge in [-0.3, -0.25) is 4.79 Å². The van der Waals surface area contributed by atoms with Crippen LogP contribution in [0.1, 0.15) is 32.5 Å². The molecule has 3 aromatic heterocycles. The molecule has 0 spiro atoms. The lowest BCUT2D eigenvalue weighted by molar-refractivity contribution is -0.114. The summed E-state index contributed by atoms with van der Waals surface area (Å²) in [5, 5.41) is 7.47. The standard InChI is InChI=1S/C19H20F2N6O3/c1-10(28)24-15-6-14-11(8-22-15)9-23-27(14)16-7-17(26-18(25-16)19(2,20)21)30-13-4-12(5-13)29-3/h6-9,12-13H,4-5H2,1-3H3,(H,22,24,28). The van der Waals surface area contributed by atoms with E-state index in [9.17, 15) is 13.6 Å². The third-order valence-electron chi connectivity index (χ3n) is 4.73. The first kappa shape index (κ1) is 20.1. The molecule has 0 unspecified atom stereocenters. The zero-order valence-electron chi connectivity index (χ0n) is 16.6. The number of hydrogen-bond acceptors (Lipinski definition) is 7. The van der Waals surface area contributed by atoms with Gasteiger partial charge >= 0.3 is 5.92 Å². The molecule has 158 valence electrons. The smallest absolute Gasteiger partial charge is 0.304 e. The molecule has 30 heavy (non-hydrogen) atoms. The molecule has 1 saturated carbocycles. The van der Waals surface area contributed by atoms with Gasteiger partial charge in [0.05, 0.1) is 17.8 Å². The first-order valence-electron chi connectivity index (χ1n) is 9.31. The van der Waals surface area contributed by atoms with Crippen molar-refractivity contribution < 1.29 is 23.0 Å². The quantitative estimate of drug-likeness (QED) is 0.656. The van der Waals surface area contributed by atoms with Crippen LogP contribution >= 0.6 is 0 Å². The van der Waals surface area contributed by atoms with Crippen LogP contribution in [0.2, 0.25) is 0 Å². The number of nitrogens with zero attached hydrogens (tertiary/aromatic N) is 5. The van der Waals surface area contributed by atoms with E-state index in [1.807, 2.05) is 0 Å². The van der Waals surface area contributed by atoms with Crippen molar-refractivity contribution in [2.45, 2.75) is 44.8 Å². The van der Waals surface area contributed by atoms with E-state index in [0.717, 1.165) is 6.92 Å². The Morgan fingerprint density at radius 2 is 2.00 bits per heavy atom. The molecule has 0 atom stereocenters. The van der Waals surface area contributed by atoms with Gasteiger partial charge in [-0.25, -0.2) is 14.6 Å². The molecule has 0 aromatic carbocycles. The zero-order chi connectivity index (χ0) is 21.5. The first-order chi connectivity index (χ1) is 14.2. The topological polar surface area (TPSA) is 104 Å². The molecular formula is C19H20F2N6O3. The second kappa shape index (κ2) is 7.56. The first-order valence-corrected chi connectivity index (χ1v) is 9.31. The van der Waals surface area contributed by atoms with Gasteiger partial charge in [-0.1, -0.05) is 0 Å². The summed E-state index contributed by atoms with van der Waals surface area (Å²) in [4.78, 5) is 23.3. The molecule has 0 bridgehead atoms. The van der Waals surface area contributed by atoms with Gasteiger partial charge in [0.2, 0.25) is 17.6 Å². The molecule has 0 aliphatic heterocycles. The number of pyridine rings is 1. The molecule has 1 N–H and O–H groups in total. The number of ether oxygens (including phenoxy) is 2. The maximum absolute atomic E-state index is 14.0. The fourth-order valence-electron chi connectivity index (χ4n) is 3.11. The van der Waals surface area contributed by atoms with Crippen molar-refractivity contribution in [3.63, 3.8) is 0 Å². The summed E-state index contributed by atoms with van der Waals surface area (Å²) in [6.07, 6.45) is 4.30. The van der Waals surface area contributed by atoms with Crippen LogP contribution in [-0.2, 0) is 15.5 Å². The number of rotatable bonds is 6. The van der Waals surface area contributed by atoms with Crippen LogP contribution in [0.4, 0.5) is 14.6 Å². The third kappa shape index (κ3) is 4.06. The third-order valence-corrected chi connectivity index (χ3v) is 4.73. The highest BCUT2D eigenvalue weighted by molar-refractivity contribution is 5.90. The number of halogens is 2. The lowest BCUT2D eigenvalue weighted by atomic mass is 9.92. The van der Waals surface area contributed by atoms with E-state index in [2.05, 4.69) is 25.4 Å². The van der Waals surface area contributed by atoms with E-state index in [0.29, 0.717) is 29.6 Å². The predicted octanol–water partition coefficient (Wildman–Crippen LogP) is 2.84. The molecule has 1 amide bonds. The minimum absolute atomic E-state index is 0.0378. The summed E-state index contributed by atoms with van der Waals surface area (Å²) in [5.41, 5.74) is 0.534. The summed E-state index contributed by atoms with van der Waals surface area (Å²) < 4.78 is 40.4. The number of hydrogen-bond donors (Lipinski definition) is 1. The fourth-order valence-corrected chi connectivity index (χ4v) is 3.11. The van der Waals surface area contributed by atoms with Crippen LogP contribution in [0.5, 0.6) is 5.88 Å². The van der Waals surface area contributed by atoms with Gasteiger partial charge in [-0.05, 0) is 0 Å². The summed E-state index contributed by atoms with van der Waals surface area (Å²) in [5.74, 6) is -3.76. The van der Waals surface area contributed by atoms with Crippen molar-refractivity contribution in [1.82, 2.24) is 24.7 Å². The van der Waals surface area contributed by atoms with Crippen LogP contribution in [0.3, 0.4) is 0 Å². The van der Waals surface area contributed by atoms with Crippen molar-refractivity contribution in [3.05, 3.63) is 30.4 Å². The van der Waals surface area contributed by atoms with Gasteiger partial charge in [0.25, 0.3) is 0 Å². The Morgan fingerprint density at radius 1 is 1.23 bits per heavy atom. The second-order valence-electron chi connectivity index (χ2n) is 7.21. The molecule has 4 rings (SSSR count). The highest BCUT2D eigenvalue weighted by atomic mass is 19.3. The summed E-state index contributed by atoms with van der Waals surface area (Å²) >= 11 is 0. The molecule has 9 nitrogen and oxygen atoms in total. The van der Waals surface area contributed by atoms with Crippen LogP contribution in [0.25, 0.3) is 16.7 Å². The number of fused-ring (bicyclic) bond motifs is 1. The predicted molar refractivity (Wildman–Crippen MR) is 103 cm³/mol. The zero-order valence-corrected chi connectivity index (χ0v) is 16.6. The van der Waals surface area contributed by atoms with Crippen LogP contribution < -0.4 is 10.1 Å².